The number of benzene rings is 1. The van der Waals surface area contributed by atoms with E-state index < -0.39 is 5.91 Å². The van der Waals surface area contributed by atoms with E-state index >= 15 is 0 Å². The minimum absolute atomic E-state index is 0.259. The van der Waals surface area contributed by atoms with Crippen LogP contribution in [0.25, 0.3) is 0 Å². The second kappa shape index (κ2) is 10.6. The minimum atomic E-state index is -0.435. The number of aromatic nitrogens is 1. The largest absolute Gasteiger partial charge is 0.496 e. The maximum Gasteiger partial charge on any atom is 0.270 e. The molecule has 158 valence electrons. The zero-order valence-electron chi connectivity index (χ0n) is 17.2. The first-order valence-corrected chi connectivity index (χ1v) is 9.77. The number of carbonyl (C=O) groups is 2. The molecule has 0 saturated heterocycles. The number of ether oxygens (including phenoxy) is 3. The van der Waals surface area contributed by atoms with E-state index in [9.17, 15) is 9.59 Å². The number of carbonyl (C=O) groups excluding carboxylic acids is 2. The lowest BCUT2D eigenvalue weighted by Gasteiger charge is -2.13. The SMILES string of the molecule is COc1cc(OC)c(C(=O)Nc2nc(C(=O)NCCCN(C)C)cs2)cc1OC. The zero-order chi connectivity index (χ0) is 21.4. The molecule has 1 aromatic carbocycles. The van der Waals surface area contributed by atoms with E-state index in [4.69, 9.17) is 14.2 Å². The summed E-state index contributed by atoms with van der Waals surface area (Å²) in [5, 5.41) is 7.41. The fourth-order valence-corrected chi connectivity index (χ4v) is 3.18. The minimum Gasteiger partial charge on any atom is -0.496 e. The van der Waals surface area contributed by atoms with Gasteiger partial charge in [0.2, 0.25) is 0 Å². The molecule has 0 aliphatic rings. The standard InChI is InChI=1S/C19H26N4O5S/c1-23(2)8-6-7-20-18(25)13-11-29-19(21-13)22-17(24)12-9-15(27-4)16(28-5)10-14(12)26-3/h9-11H,6-8H2,1-5H3,(H,20,25)(H,21,22,24). The van der Waals surface area contributed by atoms with E-state index in [0.717, 1.165) is 13.0 Å². The molecular weight excluding hydrogens is 396 g/mol. The third-order valence-electron chi connectivity index (χ3n) is 3.98. The number of nitrogens with zero attached hydrogens (tertiary/aromatic N) is 2. The summed E-state index contributed by atoms with van der Waals surface area (Å²) < 4.78 is 15.7. The molecule has 0 fully saturated rings. The zero-order valence-corrected chi connectivity index (χ0v) is 18.0. The molecule has 0 radical (unpaired) electrons. The average molecular weight is 423 g/mol. The molecule has 0 aliphatic carbocycles. The van der Waals surface area contributed by atoms with Crippen LogP contribution in [0.1, 0.15) is 27.3 Å². The summed E-state index contributed by atoms with van der Waals surface area (Å²) in [5.41, 5.74) is 0.518. The van der Waals surface area contributed by atoms with Gasteiger partial charge in [-0.25, -0.2) is 4.98 Å². The van der Waals surface area contributed by atoms with Gasteiger partial charge in [-0.2, -0.15) is 0 Å². The van der Waals surface area contributed by atoms with Gasteiger partial charge in [0.1, 0.15) is 11.4 Å². The van der Waals surface area contributed by atoms with Crippen molar-refractivity contribution in [2.45, 2.75) is 6.42 Å². The van der Waals surface area contributed by atoms with Crippen molar-refractivity contribution < 1.29 is 23.8 Å². The van der Waals surface area contributed by atoms with Crippen molar-refractivity contribution in [2.75, 3.05) is 53.8 Å². The summed E-state index contributed by atoms with van der Waals surface area (Å²) in [7, 11) is 8.39. The van der Waals surface area contributed by atoms with Gasteiger partial charge in [0.15, 0.2) is 16.6 Å². The maximum absolute atomic E-state index is 12.7. The third-order valence-corrected chi connectivity index (χ3v) is 4.73. The second-order valence-corrected chi connectivity index (χ2v) is 7.17. The highest BCUT2D eigenvalue weighted by Crippen LogP contribution is 2.35. The van der Waals surface area contributed by atoms with E-state index in [0.29, 0.717) is 28.9 Å². The predicted octanol–water partition coefficient (Wildman–Crippen LogP) is 2.10. The number of methoxy groups -OCH3 is 3. The van der Waals surface area contributed by atoms with Crippen LogP contribution in [-0.4, -0.2) is 70.2 Å². The molecule has 0 unspecified atom stereocenters. The van der Waals surface area contributed by atoms with Crippen molar-refractivity contribution in [1.82, 2.24) is 15.2 Å². The van der Waals surface area contributed by atoms with Crippen LogP contribution in [0.3, 0.4) is 0 Å². The van der Waals surface area contributed by atoms with Crippen LogP contribution in [0.15, 0.2) is 17.5 Å². The number of nitrogens with one attached hydrogen (secondary N) is 2. The number of rotatable bonds is 10. The Bertz CT molecular complexity index is 853. The summed E-state index contributed by atoms with van der Waals surface area (Å²) in [4.78, 5) is 31.1. The van der Waals surface area contributed by atoms with Crippen LogP contribution >= 0.6 is 11.3 Å². The summed E-state index contributed by atoms with van der Waals surface area (Å²) >= 11 is 1.17. The Labute approximate surface area is 174 Å². The van der Waals surface area contributed by atoms with Crippen molar-refractivity contribution in [3.8, 4) is 17.2 Å². The van der Waals surface area contributed by atoms with E-state index in [2.05, 4.69) is 15.6 Å². The molecule has 2 rings (SSSR count). The fourth-order valence-electron chi connectivity index (χ4n) is 2.49. The highest BCUT2D eigenvalue weighted by atomic mass is 32.1. The lowest BCUT2D eigenvalue weighted by Crippen LogP contribution is -2.27. The molecule has 29 heavy (non-hydrogen) atoms. The Kier molecular flexibility index (Phi) is 8.22. The highest BCUT2D eigenvalue weighted by molar-refractivity contribution is 7.14. The second-order valence-electron chi connectivity index (χ2n) is 6.31. The molecule has 0 atom stereocenters. The normalized spacial score (nSPS) is 10.6. The van der Waals surface area contributed by atoms with E-state index in [1.165, 1.54) is 38.7 Å². The molecule has 1 heterocycles. The lowest BCUT2D eigenvalue weighted by molar-refractivity contribution is 0.0946. The number of anilines is 1. The van der Waals surface area contributed by atoms with Crippen molar-refractivity contribution >= 4 is 28.3 Å². The fraction of sp³-hybridized carbons (Fsp3) is 0.421. The Balaban J connectivity index is 2.06. The summed E-state index contributed by atoms with van der Waals surface area (Å²) in [5.74, 6) is 0.466. The molecular formula is C19H26N4O5S. The summed E-state index contributed by atoms with van der Waals surface area (Å²) in [6, 6.07) is 3.10. The van der Waals surface area contributed by atoms with Crippen LogP contribution in [0.2, 0.25) is 0 Å². The molecule has 0 saturated carbocycles. The van der Waals surface area contributed by atoms with Crippen molar-refractivity contribution in [3.63, 3.8) is 0 Å². The van der Waals surface area contributed by atoms with Gasteiger partial charge in [-0.15, -0.1) is 11.3 Å². The third kappa shape index (κ3) is 6.06. The molecule has 0 aliphatic heterocycles. The van der Waals surface area contributed by atoms with Gasteiger partial charge in [0.25, 0.3) is 11.8 Å². The molecule has 0 bridgehead atoms. The number of amides is 2. The van der Waals surface area contributed by atoms with E-state index in [1.54, 1.807) is 11.4 Å². The lowest BCUT2D eigenvalue weighted by atomic mass is 10.1. The molecule has 9 nitrogen and oxygen atoms in total. The average Bonchev–Trinajstić information content (AvgIpc) is 3.18. The van der Waals surface area contributed by atoms with Crippen molar-refractivity contribution in [2.24, 2.45) is 0 Å². The number of hydrogen-bond acceptors (Lipinski definition) is 8. The Morgan fingerprint density at radius 2 is 1.69 bits per heavy atom. The Morgan fingerprint density at radius 3 is 2.31 bits per heavy atom. The quantitative estimate of drug-likeness (QED) is 0.565. The van der Waals surface area contributed by atoms with Gasteiger partial charge >= 0.3 is 0 Å². The van der Waals surface area contributed by atoms with Crippen LogP contribution < -0.4 is 24.8 Å². The topological polar surface area (TPSA) is 102 Å². The van der Waals surface area contributed by atoms with Crippen LogP contribution in [0.4, 0.5) is 5.13 Å². The summed E-state index contributed by atoms with van der Waals surface area (Å²) in [6.45, 7) is 1.44. The predicted molar refractivity (Wildman–Crippen MR) is 112 cm³/mol. The van der Waals surface area contributed by atoms with Crippen LogP contribution in [0.5, 0.6) is 17.2 Å². The van der Waals surface area contributed by atoms with Gasteiger partial charge in [-0.05, 0) is 27.1 Å². The Hall–Kier alpha value is -2.85. The van der Waals surface area contributed by atoms with Gasteiger partial charge in [0, 0.05) is 24.1 Å². The van der Waals surface area contributed by atoms with Gasteiger partial charge in [-0.1, -0.05) is 0 Å². The van der Waals surface area contributed by atoms with Gasteiger partial charge < -0.3 is 24.4 Å². The molecule has 0 spiro atoms. The van der Waals surface area contributed by atoms with E-state index in [1.807, 2.05) is 19.0 Å². The first-order valence-electron chi connectivity index (χ1n) is 8.89. The van der Waals surface area contributed by atoms with Crippen molar-refractivity contribution in [1.29, 1.82) is 0 Å². The highest BCUT2D eigenvalue weighted by Gasteiger charge is 2.19. The molecule has 2 N–H and O–H groups in total. The maximum atomic E-state index is 12.7. The molecule has 10 heteroatoms. The molecule has 2 aromatic rings. The number of hydrogen-bond donors (Lipinski definition) is 2. The number of thiazole rings is 1. The monoisotopic (exact) mass is 422 g/mol. The first kappa shape index (κ1) is 22.4. The summed E-state index contributed by atoms with van der Waals surface area (Å²) in [6.07, 6.45) is 0.839. The van der Waals surface area contributed by atoms with Gasteiger partial charge in [-0.3, -0.25) is 14.9 Å². The van der Waals surface area contributed by atoms with E-state index in [-0.39, 0.29) is 17.2 Å². The van der Waals surface area contributed by atoms with Crippen molar-refractivity contribution in [3.05, 3.63) is 28.8 Å². The van der Waals surface area contributed by atoms with Gasteiger partial charge in [0.05, 0.1) is 26.9 Å². The molecule has 1 aromatic heterocycles. The first-order chi connectivity index (χ1) is 13.9. The molecule has 2 amide bonds. The smallest absolute Gasteiger partial charge is 0.270 e. The van der Waals surface area contributed by atoms with Crippen LogP contribution in [0, 0.1) is 0 Å². The Morgan fingerprint density at radius 1 is 1.03 bits per heavy atom. The van der Waals surface area contributed by atoms with Crippen LogP contribution in [-0.2, 0) is 0 Å².